The molecule has 0 radical (unpaired) electrons. The second-order valence-electron chi connectivity index (χ2n) is 6.44. The van der Waals surface area contributed by atoms with Crippen LogP contribution in [0, 0.1) is 5.82 Å². The first-order chi connectivity index (χ1) is 12.5. The number of H-pyrrole nitrogens is 1. The largest absolute Gasteiger partial charge is 0.480 e. The number of nitrogens with zero attached hydrogens (tertiary/aromatic N) is 2. The van der Waals surface area contributed by atoms with E-state index in [2.05, 4.69) is 10.3 Å². The smallest absolute Gasteiger partial charge is 0.325 e. The zero-order valence-corrected chi connectivity index (χ0v) is 14.7. The van der Waals surface area contributed by atoms with Gasteiger partial charge in [-0.1, -0.05) is 0 Å². The van der Waals surface area contributed by atoms with Crippen molar-refractivity contribution >= 4 is 22.8 Å². The third-order valence-electron chi connectivity index (χ3n) is 4.72. The molecule has 140 valence electrons. The Labute approximate surface area is 150 Å². The Morgan fingerprint density at radius 1 is 1.31 bits per heavy atom. The molecule has 1 unspecified atom stereocenters. The number of hydrogen-bond donors (Lipinski definition) is 3. The summed E-state index contributed by atoms with van der Waals surface area (Å²) < 4.78 is 13.4. The third kappa shape index (κ3) is 3.86. The first-order valence-electron chi connectivity index (χ1n) is 8.72. The van der Waals surface area contributed by atoms with Gasteiger partial charge in [-0.05, 0) is 25.1 Å². The molecule has 1 aliphatic rings. The lowest BCUT2D eigenvalue weighted by Crippen LogP contribution is -2.51. The Morgan fingerprint density at radius 3 is 2.69 bits per heavy atom. The Hall–Kier alpha value is -2.45. The summed E-state index contributed by atoms with van der Waals surface area (Å²) in [5, 5.41) is 13.3. The summed E-state index contributed by atoms with van der Waals surface area (Å²) >= 11 is 0. The molecule has 1 aromatic heterocycles. The summed E-state index contributed by atoms with van der Waals surface area (Å²) in [6.07, 6.45) is 1.64. The number of carbonyl (C=O) groups excluding carboxylic acids is 1. The standard InChI is InChI=1S/C18H23FN4O3/c1-2-20-16(24)11-22-5-7-23(8-6-22)17(18(25)26)14-10-21-15-9-12(19)3-4-13(14)15/h3-4,9-10,17,21H,2,5-8,11H2,1H3,(H,20,24)(H,25,26). The number of carboxylic acid groups (broad SMARTS) is 1. The van der Waals surface area contributed by atoms with E-state index >= 15 is 0 Å². The van der Waals surface area contributed by atoms with Crippen molar-refractivity contribution < 1.29 is 19.1 Å². The Kier molecular flexibility index (Phi) is 5.53. The number of amides is 1. The van der Waals surface area contributed by atoms with E-state index < -0.39 is 12.0 Å². The fourth-order valence-corrected chi connectivity index (χ4v) is 3.47. The van der Waals surface area contributed by atoms with Crippen molar-refractivity contribution in [3.63, 3.8) is 0 Å². The second kappa shape index (κ2) is 7.84. The predicted octanol–water partition coefficient (Wildman–Crippen LogP) is 1.19. The summed E-state index contributed by atoms with van der Waals surface area (Å²) in [7, 11) is 0. The van der Waals surface area contributed by atoms with E-state index in [0.29, 0.717) is 55.7 Å². The predicted molar refractivity (Wildman–Crippen MR) is 95.3 cm³/mol. The molecule has 0 spiro atoms. The highest BCUT2D eigenvalue weighted by Gasteiger charge is 2.32. The van der Waals surface area contributed by atoms with Crippen LogP contribution < -0.4 is 5.32 Å². The van der Waals surface area contributed by atoms with Gasteiger partial charge < -0.3 is 15.4 Å². The molecule has 8 heteroatoms. The summed E-state index contributed by atoms with van der Waals surface area (Å²) in [6, 6.07) is 3.50. The van der Waals surface area contributed by atoms with Crippen molar-refractivity contribution in [1.82, 2.24) is 20.1 Å². The normalized spacial score (nSPS) is 17.3. The van der Waals surface area contributed by atoms with Gasteiger partial charge in [-0.15, -0.1) is 0 Å². The fourth-order valence-electron chi connectivity index (χ4n) is 3.47. The molecule has 2 heterocycles. The average molecular weight is 362 g/mol. The molecule has 3 rings (SSSR count). The molecule has 0 saturated carbocycles. The molecule has 3 N–H and O–H groups in total. The van der Waals surface area contributed by atoms with E-state index in [-0.39, 0.29) is 11.7 Å². The maximum Gasteiger partial charge on any atom is 0.325 e. The van der Waals surface area contributed by atoms with Gasteiger partial charge in [-0.3, -0.25) is 19.4 Å². The zero-order chi connectivity index (χ0) is 18.7. The van der Waals surface area contributed by atoms with Crippen molar-refractivity contribution in [3.8, 4) is 0 Å². The van der Waals surface area contributed by atoms with E-state index in [1.165, 1.54) is 12.1 Å². The van der Waals surface area contributed by atoms with Crippen LogP contribution in [0.1, 0.15) is 18.5 Å². The zero-order valence-electron chi connectivity index (χ0n) is 14.7. The van der Waals surface area contributed by atoms with Crippen molar-refractivity contribution in [2.24, 2.45) is 0 Å². The van der Waals surface area contributed by atoms with Crippen molar-refractivity contribution in [3.05, 3.63) is 35.8 Å². The van der Waals surface area contributed by atoms with E-state index in [0.717, 1.165) is 0 Å². The number of fused-ring (bicyclic) bond motifs is 1. The number of benzene rings is 1. The van der Waals surface area contributed by atoms with E-state index in [1.54, 1.807) is 12.3 Å². The van der Waals surface area contributed by atoms with Gasteiger partial charge in [0.1, 0.15) is 11.9 Å². The van der Waals surface area contributed by atoms with Crippen LogP contribution in [0.25, 0.3) is 10.9 Å². The molecule has 1 atom stereocenters. The molecular formula is C18H23FN4O3. The Morgan fingerprint density at radius 2 is 2.04 bits per heavy atom. The maximum atomic E-state index is 13.4. The SMILES string of the molecule is CCNC(=O)CN1CCN(C(C(=O)O)c2c[nH]c3cc(F)ccc23)CC1. The number of likely N-dealkylation sites (N-methyl/N-ethyl adjacent to an activating group) is 1. The number of nitrogens with one attached hydrogen (secondary N) is 2. The minimum absolute atomic E-state index is 0.0191. The molecular weight excluding hydrogens is 339 g/mol. The van der Waals surface area contributed by atoms with Gasteiger partial charge in [-0.2, -0.15) is 0 Å². The van der Waals surface area contributed by atoms with Gasteiger partial charge in [0, 0.05) is 55.4 Å². The molecule has 1 fully saturated rings. The minimum Gasteiger partial charge on any atom is -0.480 e. The van der Waals surface area contributed by atoms with Crippen LogP contribution in [-0.2, 0) is 9.59 Å². The second-order valence-corrected chi connectivity index (χ2v) is 6.44. The topological polar surface area (TPSA) is 88.7 Å². The summed E-state index contributed by atoms with van der Waals surface area (Å²) in [5.41, 5.74) is 1.21. The highest BCUT2D eigenvalue weighted by Crippen LogP contribution is 2.29. The highest BCUT2D eigenvalue weighted by atomic mass is 19.1. The van der Waals surface area contributed by atoms with Crippen molar-refractivity contribution in [2.75, 3.05) is 39.3 Å². The summed E-state index contributed by atoms with van der Waals surface area (Å²) in [4.78, 5) is 30.5. The minimum atomic E-state index is -0.938. The molecule has 7 nitrogen and oxygen atoms in total. The van der Waals surface area contributed by atoms with E-state index in [9.17, 15) is 19.1 Å². The fraction of sp³-hybridized carbons (Fsp3) is 0.444. The number of aromatic nitrogens is 1. The van der Waals surface area contributed by atoms with Crippen LogP contribution in [0.4, 0.5) is 4.39 Å². The van der Waals surface area contributed by atoms with Gasteiger partial charge in [0.25, 0.3) is 0 Å². The first kappa shape index (κ1) is 18.3. The van der Waals surface area contributed by atoms with Crippen molar-refractivity contribution in [1.29, 1.82) is 0 Å². The van der Waals surface area contributed by atoms with Crippen LogP contribution in [0.5, 0.6) is 0 Å². The number of carboxylic acids is 1. The Balaban J connectivity index is 1.73. The first-order valence-corrected chi connectivity index (χ1v) is 8.72. The van der Waals surface area contributed by atoms with Crippen LogP contribution in [0.3, 0.4) is 0 Å². The van der Waals surface area contributed by atoms with Crippen LogP contribution in [0.15, 0.2) is 24.4 Å². The van der Waals surface area contributed by atoms with Gasteiger partial charge in [0.2, 0.25) is 5.91 Å². The van der Waals surface area contributed by atoms with Crippen LogP contribution in [0.2, 0.25) is 0 Å². The molecule has 2 aromatic rings. The van der Waals surface area contributed by atoms with Gasteiger partial charge in [-0.25, -0.2) is 4.39 Å². The molecule has 26 heavy (non-hydrogen) atoms. The van der Waals surface area contributed by atoms with Gasteiger partial charge >= 0.3 is 5.97 Å². The quantitative estimate of drug-likeness (QED) is 0.718. The lowest BCUT2D eigenvalue weighted by Gasteiger charge is -2.37. The molecule has 1 aromatic carbocycles. The highest BCUT2D eigenvalue weighted by molar-refractivity contribution is 5.89. The van der Waals surface area contributed by atoms with E-state index in [1.807, 2.05) is 16.7 Å². The number of hydrogen-bond acceptors (Lipinski definition) is 4. The average Bonchev–Trinajstić information content (AvgIpc) is 2.99. The van der Waals surface area contributed by atoms with Crippen molar-refractivity contribution in [2.45, 2.75) is 13.0 Å². The monoisotopic (exact) mass is 362 g/mol. The molecule has 0 aliphatic carbocycles. The van der Waals surface area contributed by atoms with Crippen LogP contribution in [-0.4, -0.2) is 71.0 Å². The molecule has 1 amide bonds. The number of piperazine rings is 1. The number of rotatable bonds is 6. The van der Waals surface area contributed by atoms with Gasteiger partial charge in [0.05, 0.1) is 6.54 Å². The lowest BCUT2D eigenvalue weighted by atomic mass is 10.0. The molecule has 1 aliphatic heterocycles. The number of aliphatic carboxylic acids is 1. The summed E-state index contributed by atoms with van der Waals surface area (Å²) in [6.45, 7) is 5.14. The number of aromatic amines is 1. The summed E-state index contributed by atoms with van der Waals surface area (Å²) in [5.74, 6) is -1.32. The lowest BCUT2D eigenvalue weighted by molar-refractivity contribution is -0.144. The third-order valence-corrected chi connectivity index (χ3v) is 4.72. The van der Waals surface area contributed by atoms with Crippen LogP contribution >= 0.6 is 0 Å². The number of carbonyl (C=O) groups is 2. The van der Waals surface area contributed by atoms with E-state index in [4.69, 9.17) is 0 Å². The van der Waals surface area contributed by atoms with Gasteiger partial charge in [0.15, 0.2) is 0 Å². The Bertz CT molecular complexity index is 799. The maximum absolute atomic E-state index is 13.4. The molecule has 0 bridgehead atoms. The molecule has 1 saturated heterocycles. The number of halogens is 1.